The Kier molecular flexibility index (Phi) is 6.51. The Morgan fingerprint density at radius 1 is 1.71 bits per heavy atom. The van der Waals surface area contributed by atoms with Crippen LogP contribution in [-0.4, -0.2) is 24.5 Å². The van der Waals surface area contributed by atoms with Crippen molar-refractivity contribution in [3.05, 3.63) is 12.7 Å². The molecule has 0 rings (SSSR count). The van der Waals surface area contributed by atoms with Gasteiger partial charge in [0.25, 0.3) is 0 Å². The lowest BCUT2D eigenvalue weighted by Gasteiger charge is -2.17. The second kappa shape index (κ2) is 7.16. The first-order chi connectivity index (χ1) is 6.65. The van der Waals surface area contributed by atoms with E-state index in [1.54, 1.807) is 13.0 Å². The lowest BCUT2D eigenvalue weighted by atomic mass is 10.2. The van der Waals surface area contributed by atoms with Crippen LogP contribution in [0.1, 0.15) is 20.3 Å². The van der Waals surface area contributed by atoms with Crippen LogP contribution in [0.3, 0.4) is 0 Å². The molecule has 0 fully saturated rings. The fourth-order valence-electron chi connectivity index (χ4n) is 0.987. The van der Waals surface area contributed by atoms with Gasteiger partial charge < -0.3 is 5.32 Å². The first-order valence-corrected chi connectivity index (χ1v) is 4.76. The molecule has 0 aliphatic rings. The highest BCUT2D eigenvalue weighted by molar-refractivity contribution is 5.81. The molecule has 0 radical (unpaired) electrons. The molecule has 3 heteroatoms. The minimum Gasteiger partial charge on any atom is -0.351 e. The molecule has 78 valence electrons. The molecule has 0 aromatic carbocycles. The normalized spacial score (nSPS) is 13.8. The molecule has 3 nitrogen and oxygen atoms in total. The van der Waals surface area contributed by atoms with E-state index in [9.17, 15) is 4.79 Å². The van der Waals surface area contributed by atoms with E-state index in [4.69, 9.17) is 6.42 Å². The van der Waals surface area contributed by atoms with E-state index < -0.39 is 0 Å². The topological polar surface area (TPSA) is 41.1 Å². The quantitative estimate of drug-likeness (QED) is 0.482. The molecule has 0 saturated heterocycles. The second-order valence-corrected chi connectivity index (χ2v) is 3.05. The Balaban J connectivity index is 3.94. The van der Waals surface area contributed by atoms with E-state index in [2.05, 4.69) is 23.1 Å². The van der Waals surface area contributed by atoms with Crippen molar-refractivity contribution < 1.29 is 4.79 Å². The fourth-order valence-corrected chi connectivity index (χ4v) is 0.987. The maximum atomic E-state index is 11.4. The Morgan fingerprint density at radius 2 is 2.36 bits per heavy atom. The summed E-state index contributed by atoms with van der Waals surface area (Å²) < 4.78 is 0. The summed E-state index contributed by atoms with van der Waals surface area (Å²) in [4.78, 5) is 11.4. The van der Waals surface area contributed by atoms with Gasteiger partial charge in [-0.25, -0.2) is 0 Å². The van der Waals surface area contributed by atoms with Crippen LogP contribution in [0.5, 0.6) is 0 Å². The summed E-state index contributed by atoms with van der Waals surface area (Å²) in [5.41, 5.74) is 0. The standard InChI is InChI=1S/C11H18N2O/c1-5-8-12-11(14)9(4)13-10(6-2)7-3/h2,5,9-10,13H,1,7-8H2,3-4H3,(H,12,14). The van der Waals surface area contributed by atoms with Gasteiger partial charge in [-0.3, -0.25) is 10.1 Å². The highest BCUT2D eigenvalue weighted by Crippen LogP contribution is 1.91. The van der Waals surface area contributed by atoms with E-state index in [0.717, 1.165) is 6.42 Å². The summed E-state index contributed by atoms with van der Waals surface area (Å²) in [7, 11) is 0. The van der Waals surface area contributed by atoms with Crippen LogP contribution in [0, 0.1) is 12.3 Å². The molecule has 0 aromatic heterocycles. The number of nitrogens with one attached hydrogen (secondary N) is 2. The van der Waals surface area contributed by atoms with Crippen molar-refractivity contribution in [1.29, 1.82) is 0 Å². The average Bonchev–Trinajstić information content (AvgIpc) is 2.21. The number of carbonyl (C=O) groups is 1. The molecule has 0 spiro atoms. The van der Waals surface area contributed by atoms with Gasteiger partial charge in [0, 0.05) is 6.54 Å². The lowest BCUT2D eigenvalue weighted by molar-refractivity contribution is -0.122. The van der Waals surface area contributed by atoms with Crippen LogP contribution in [0.25, 0.3) is 0 Å². The number of rotatable bonds is 6. The Morgan fingerprint density at radius 3 is 2.79 bits per heavy atom. The number of terminal acetylenes is 1. The molecular weight excluding hydrogens is 176 g/mol. The van der Waals surface area contributed by atoms with E-state index in [1.807, 2.05) is 6.92 Å². The summed E-state index contributed by atoms with van der Waals surface area (Å²) in [6, 6.07) is -0.310. The van der Waals surface area contributed by atoms with Crippen LogP contribution in [0.2, 0.25) is 0 Å². The molecule has 0 aliphatic heterocycles. The summed E-state index contributed by atoms with van der Waals surface area (Å²) in [6.07, 6.45) is 7.73. The number of hydrogen-bond donors (Lipinski definition) is 2. The first-order valence-electron chi connectivity index (χ1n) is 4.76. The van der Waals surface area contributed by atoms with Crippen molar-refractivity contribution in [2.24, 2.45) is 0 Å². The molecule has 1 amide bonds. The van der Waals surface area contributed by atoms with Crippen molar-refractivity contribution in [1.82, 2.24) is 10.6 Å². The largest absolute Gasteiger partial charge is 0.351 e. The number of carbonyl (C=O) groups excluding carboxylic acids is 1. The molecule has 0 aliphatic carbocycles. The molecule has 0 aromatic rings. The Bertz CT molecular complexity index is 230. The molecule has 0 bridgehead atoms. The minimum absolute atomic E-state index is 0.0421. The van der Waals surface area contributed by atoms with E-state index in [1.165, 1.54) is 0 Å². The van der Waals surface area contributed by atoms with Gasteiger partial charge >= 0.3 is 0 Å². The van der Waals surface area contributed by atoms with Gasteiger partial charge in [0.05, 0.1) is 12.1 Å². The maximum absolute atomic E-state index is 11.4. The zero-order valence-electron chi connectivity index (χ0n) is 8.84. The Hall–Kier alpha value is -1.27. The molecule has 2 atom stereocenters. The van der Waals surface area contributed by atoms with Gasteiger partial charge in [0.1, 0.15) is 0 Å². The fraction of sp³-hybridized carbons (Fsp3) is 0.545. The summed E-state index contributed by atoms with van der Waals surface area (Å²) in [5, 5.41) is 5.74. The highest BCUT2D eigenvalue weighted by Gasteiger charge is 2.14. The molecule has 2 N–H and O–H groups in total. The van der Waals surface area contributed by atoms with Gasteiger partial charge in [0.15, 0.2) is 0 Å². The third-order valence-electron chi connectivity index (χ3n) is 1.87. The third-order valence-corrected chi connectivity index (χ3v) is 1.87. The number of hydrogen-bond acceptors (Lipinski definition) is 2. The zero-order valence-corrected chi connectivity index (χ0v) is 8.84. The minimum atomic E-state index is -0.268. The lowest BCUT2D eigenvalue weighted by Crippen LogP contribution is -2.46. The van der Waals surface area contributed by atoms with Crippen molar-refractivity contribution >= 4 is 5.91 Å². The summed E-state index contributed by atoms with van der Waals surface area (Å²) >= 11 is 0. The Labute approximate surface area is 86.0 Å². The van der Waals surface area contributed by atoms with Gasteiger partial charge in [-0.05, 0) is 13.3 Å². The van der Waals surface area contributed by atoms with Crippen molar-refractivity contribution in [2.75, 3.05) is 6.54 Å². The van der Waals surface area contributed by atoms with Crippen LogP contribution < -0.4 is 10.6 Å². The van der Waals surface area contributed by atoms with E-state index >= 15 is 0 Å². The maximum Gasteiger partial charge on any atom is 0.237 e. The molecular formula is C11H18N2O. The van der Waals surface area contributed by atoms with Crippen molar-refractivity contribution in [3.63, 3.8) is 0 Å². The van der Waals surface area contributed by atoms with Gasteiger partial charge in [-0.2, -0.15) is 0 Å². The average molecular weight is 194 g/mol. The summed E-state index contributed by atoms with van der Waals surface area (Å²) in [5.74, 6) is 2.53. The SMILES string of the molecule is C#CC(CC)NC(C)C(=O)NCC=C. The zero-order chi connectivity index (χ0) is 11.0. The highest BCUT2D eigenvalue weighted by atomic mass is 16.2. The predicted octanol–water partition coefficient (Wildman–Crippen LogP) is 0.679. The van der Waals surface area contributed by atoms with Crippen molar-refractivity contribution in [2.45, 2.75) is 32.4 Å². The number of amides is 1. The molecule has 0 heterocycles. The monoisotopic (exact) mass is 194 g/mol. The smallest absolute Gasteiger partial charge is 0.237 e. The molecule has 0 saturated carbocycles. The van der Waals surface area contributed by atoms with Crippen LogP contribution in [0.15, 0.2) is 12.7 Å². The van der Waals surface area contributed by atoms with Crippen LogP contribution in [-0.2, 0) is 4.79 Å². The first kappa shape index (κ1) is 12.7. The van der Waals surface area contributed by atoms with Crippen LogP contribution >= 0.6 is 0 Å². The summed E-state index contributed by atoms with van der Waals surface area (Å²) in [6.45, 7) is 7.77. The van der Waals surface area contributed by atoms with Gasteiger partial charge in [-0.15, -0.1) is 13.0 Å². The van der Waals surface area contributed by atoms with Gasteiger partial charge in [-0.1, -0.05) is 18.9 Å². The van der Waals surface area contributed by atoms with E-state index in [-0.39, 0.29) is 18.0 Å². The third kappa shape index (κ3) is 4.68. The van der Waals surface area contributed by atoms with Gasteiger partial charge in [0.2, 0.25) is 5.91 Å². The molecule has 2 unspecified atom stereocenters. The predicted molar refractivity (Wildman–Crippen MR) is 58.7 cm³/mol. The van der Waals surface area contributed by atoms with E-state index in [0.29, 0.717) is 6.54 Å². The van der Waals surface area contributed by atoms with Crippen molar-refractivity contribution in [3.8, 4) is 12.3 Å². The molecule has 14 heavy (non-hydrogen) atoms. The van der Waals surface area contributed by atoms with Crippen LogP contribution in [0.4, 0.5) is 0 Å². The second-order valence-electron chi connectivity index (χ2n) is 3.05.